The highest BCUT2D eigenvalue weighted by Gasteiger charge is 2.07. The van der Waals surface area contributed by atoms with E-state index < -0.39 is 0 Å². The Morgan fingerprint density at radius 1 is 1.19 bits per heavy atom. The number of aromatic nitrogens is 3. The van der Waals surface area contributed by atoms with Crippen LogP contribution in [0.1, 0.15) is 29.8 Å². The second-order valence-electron chi connectivity index (χ2n) is 6.42. The third kappa shape index (κ3) is 4.69. The van der Waals surface area contributed by atoms with Crippen LogP contribution in [0.5, 0.6) is 5.75 Å². The molecule has 0 saturated carbocycles. The predicted molar refractivity (Wildman–Crippen MR) is 99.3 cm³/mol. The molecule has 0 aliphatic carbocycles. The van der Waals surface area contributed by atoms with Crippen LogP contribution >= 0.6 is 0 Å². The lowest BCUT2D eigenvalue weighted by Gasteiger charge is -2.11. The Morgan fingerprint density at radius 3 is 2.69 bits per heavy atom. The molecule has 0 saturated heterocycles. The molecule has 0 aliphatic heterocycles. The fraction of sp³-hybridized carbons (Fsp3) is 0.250. The van der Waals surface area contributed by atoms with Crippen molar-refractivity contribution in [3.05, 3.63) is 72.3 Å². The molecule has 0 radical (unpaired) electrons. The van der Waals surface area contributed by atoms with Crippen molar-refractivity contribution < 1.29 is 9.53 Å². The van der Waals surface area contributed by atoms with Crippen LogP contribution in [0.4, 0.5) is 0 Å². The van der Waals surface area contributed by atoms with Crippen molar-refractivity contribution in [3.8, 4) is 11.4 Å². The summed E-state index contributed by atoms with van der Waals surface area (Å²) in [5, 5.41) is 7.00. The van der Waals surface area contributed by atoms with E-state index in [1.165, 1.54) is 6.33 Å². The number of ether oxygens (including phenoxy) is 1. The Bertz CT molecular complexity index is 843. The number of nitrogens with zero attached hydrogens (tertiary/aromatic N) is 3. The molecule has 26 heavy (non-hydrogen) atoms. The van der Waals surface area contributed by atoms with Crippen molar-refractivity contribution in [2.75, 3.05) is 6.61 Å². The summed E-state index contributed by atoms with van der Waals surface area (Å²) in [5.41, 5.74) is 2.45. The lowest BCUT2D eigenvalue weighted by Crippen LogP contribution is -2.22. The van der Waals surface area contributed by atoms with Crippen LogP contribution in [0.3, 0.4) is 0 Å². The second kappa shape index (κ2) is 8.29. The quantitative estimate of drug-likeness (QED) is 0.710. The van der Waals surface area contributed by atoms with Crippen LogP contribution in [-0.4, -0.2) is 27.3 Å². The maximum atomic E-state index is 12.3. The molecule has 0 atom stereocenters. The average Bonchev–Trinajstić information content (AvgIpc) is 3.20. The third-order valence-electron chi connectivity index (χ3n) is 3.75. The largest absolute Gasteiger partial charge is 0.493 e. The minimum atomic E-state index is -0.122. The highest BCUT2D eigenvalue weighted by Crippen LogP contribution is 2.14. The summed E-state index contributed by atoms with van der Waals surface area (Å²) in [4.78, 5) is 16.2. The van der Waals surface area contributed by atoms with Gasteiger partial charge in [-0.2, -0.15) is 5.10 Å². The minimum absolute atomic E-state index is 0.122. The highest BCUT2D eigenvalue weighted by atomic mass is 16.5. The zero-order valence-corrected chi connectivity index (χ0v) is 14.9. The number of hydrogen-bond donors (Lipinski definition) is 1. The van der Waals surface area contributed by atoms with E-state index in [1.54, 1.807) is 23.1 Å². The van der Waals surface area contributed by atoms with E-state index in [1.807, 2.05) is 36.4 Å². The van der Waals surface area contributed by atoms with Gasteiger partial charge in [0.25, 0.3) is 5.91 Å². The lowest BCUT2D eigenvalue weighted by molar-refractivity contribution is 0.0951. The van der Waals surface area contributed by atoms with Gasteiger partial charge < -0.3 is 10.1 Å². The maximum Gasteiger partial charge on any atom is 0.251 e. The summed E-state index contributed by atoms with van der Waals surface area (Å²) in [6.45, 7) is 5.34. The first kappa shape index (κ1) is 17.7. The Morgan fingerprint density at radius 2 is 2.00 bits per heavy atom. The molecule has 1 heterocycles. The molecule has 0 spiro atoms. The summed E-state index contributed by atoms with van der Waals surface area (Å²) in [5.74, 6) is 1.17. The number of nitrogens with one attached hydrogen (secondary N) is 1. The van der Waals surface area contributed by atoms with Crippen molar-refractivity contribution in [3.63, 3.8) is 0 Å². The molecule has 0 unspecified atom stereocenters. The predicted octanol–water partition coefficient (Wildman–Crippen LogP) is 3.23. The molecule has 3 aromatic rings. The van der Waals surface area contributed by atoms with Crippen molar-refractivity contribution in [2.24, 2.45) is 5.92 Å². The van der Waals surface area contributed by atoms with E-state index in [2.05, 4.69) is 29.2 Å². The molecule has 1 aromatic heterocycles. The normalized spacial score (nSPS) is 10.7. The van der Waals surface area contributed by atoms with Crippen LogP contribution < -0.4 is 10.1 Å². The molecule has 1 N–H and O–H groups in total. The summed E-state index contributed by atoms with van der Waals surface area (Å²) < 4.78 is 7.37. The summed E-state index contributed by atoms with van der Waals surface area (Å²) >= 11 is 0. The summed E-state index contributed by atoms with van der Waals surface area (Å²) in [6.07, 6.45) is 3.09. The number of carbonyl (C=O) groups excluding carboxylic acids is 1. The van der Waals surface area contributed by atoms with E-state index in [9.17, 15) is 4.79 Å². The molecule has 0 aliphatic rings. The molecule has 134 valence electrons. The molecule has 2 aromatic carbocycles. The first-order valence-corrected chi connectivity index (χ1v) is 8.57. The number of carbonyl (C=O) groups is 1. The van der Waals surface area contributed by atoms with E-state index in [-0.39, 0.29) is 5.91 Å². The molecule has 6 nitrogen and oxygen atoms in total. The average molecular weight is 350 g/mol. The fourth-order valence-electron chi connectivity index (χ4n) is 2.40. The third-order valence-corrected chi connectivity index (χ3v) is 3.75. The van der Waals surface area contributed by atoms with Gasteiger partial charge in [-0.3, -0.25) is 4.79 Å². The number of amides is 1. The van der Waals surface area contributed by atoms with Crippen LogP contribution in [0.15, 0.2) is 61.2 Å². The number of hydrogen-bond acceptors (Lipinski definition) is 4. The molecule has 1 amide bonds. The molecule has 3 rings (SSSR count). The van der Waals surface area contributed by atoms with Crippen LogP contribution in [-0.2, 0) is 6.54 Å². The molecular weight excluding hydrogens is 328 g/mol. The van der Waals surface area contributed by atoms with Gasteiger partial charge in [-0.05, 0) is 47.9 Å². The molecule has 6 heteroatoms. The van der Waals surface area contributed by atoms with Crippen LogP contribution in [0.25, 0.3) is 5.69 Å². The lowest BCUT2D eigenvalue weighted by atomic mass is 10.1. The fourth-order valence-corrected chi connectivity index (χ4v) is 2.40. The first-order chi connectivity index (χ1) is 12.6. The Balaban J connectivity index is 1.57. The van der Waals surface area contributed by atoms with Gasteiger partial charge in [0.05, 0.1) is 12.3 Å². The van der Waals surface area contributed by atoms with Crippen molar-refractivity contribution >= 4 is 5.91 Å². The summed E-state index contributed by atoms with van der Waals surface area (Å²) in [6, 6.07) is 15.0. The van der Waals surface area contributed by atoms with Gasteiger partial charge in [0, 0.05) is 12.1 Å². The van der Waals surface area contributed by atoms with Crippen molar-refractivity contribution in [1.82, 2.24) is 20.1 Å². The van der Waals surface area contributed by atoms with Crippen molar-refractivity contribution in [1.29, 1.82) is 0 Å². The van der Waals surface area contributed by atoms with E-state index in [0.29, 0.717) is 24.6 Å². The highest BCUT2D eigenvalue weighted by molar-refractivity contribution is 5.94. The van der Waals surface area contributed by atoms with Crippen LogP contribution in [0.2, 0.25) is 0 Å². The topological polar surface area (TPSA) is 69.0 Å². The SMILES string of the molecule is CC(C)COc1cccc(CNC(=O)c2ccc(-n3cncn3)cc2)c1. The molecule has 0 fully saturated rings. The Labute approximate surface area is 152 Å². The van der Waals surface area contributed by atoms with Gasteiger partial charge in [0.15, 0.2) is 0 Å². The zero-order valence-electron chi connectivity index (χ0n) is 14.9. The van der Waals surface area contributed by atoms with Gasteiger partial charge in [0.1, 0.15) is 18.4 Å². The minimum Gasteiger partial charge on any atom is -0.493 e. The first-order valence-electron chi connectivity index (χ1n) is 8.57. The van der Waals surface area contributed by atoms with Gasteiger partial charge >= 0.3 is 0 Å². The van der Waals surface area contributed by atoms with Crippen molar-refractivity contribution in [2.45, 2.75) is 20.4 Å². The standard InChI is InChI=1S/C20H22N4O2/c1-15(2)12-26-19-5-3-4-16(10-19)11-22-20(25)17-6-8-18(9-7-17)24-14-21-13-23-24/h3-10,13-15H,11-12H2,1-2H3,(H,22,25). The maximum absolute atomic E-state index is 12.3. The number of rotatable bonds is 7. The second-order valence-corrected chi connectivity index (χ2v) is 6.42. The molecular formula is C20H22N4O2. The van der Waals surface area contributed by atoms with Gasteiger partial charge in [-0.1, -0.05) is 26.0 Å². The van der Waals surface area contributed by atoms with E-state index >= 15 is 0 Å². The monoisotopic (exact) mass is 350 g/mol. The Hall–Kier alpha value is -3.15. The van der Waals surface area contributed by atoms with Gasteiger partial charge in [0.2, 0.25) is 0 Å². The van der Waals surface area contributed by atoms with Crippen LogP contribution in [0, 0.1) is 5.92 Å². The Kier molecular flexibility index (Phi) is 5.63. The number of benzene rings is 2. The molecule has 0 bridgehead atoms. The van der Waals surface area contributed by atoms with Gasteiger partial charge in [-0.15, -0.1) is 0 Å². The zero-order chi connectivity index (χ0) is 18.4. The van der Waals surface area contributed by atoms with Gasteiger partial charge in [-0.25, -0.2) is 9.67 Å². The smallest absolute Gasteiger partial charge is 0.251 e. The summed E-state index contributed by atoms with van der Waals surface area (Å²) in [7, 11) is 0. The van der Waals surface area contributed by atoms with E-state index in [0.717, 1.165) is 17.0 Å². The van der Waals surface area contributed by atoms with E-state index in [4.69, 9.17) is 4.74 Å².